The van der Waals surface area contributed by atoms with Gasteiger partial charge in [0.25, 0.3) is 0 Å². The van der Waals surface area contributed by atoms with Crippen molar-refractivity contribution in [1.82, 2.24) is 0 Å². The van der Waals surface area contributed by atoms with Crippen LogP contribution >= 0.6 is 11.8 Å². The molecule has 0 aromatic carbocycles. The van der Waals surface area contributed by atoms with Crippen LogP contribution in [0.25, 0.3) is 0 Å². The highest BCUT2D eigenvalue weighted by molar-refractivity contribution is 8.01. The van der Waals surface area contributed by atoms with E-state index in [1.54, 1.807) is 0 Å². The number of hydrogen-bond donors (Lipinski definition) is 0. The molecular weight excluding hydrogens is 212 g/mol. The van der Waals surface area contributed by atoms with Crippen molar-refractivity contribution in [3.8, 4) is 0 Å². The average molecular weight is 240 g/mol. The van der Waals surface area contributed by atoms with Crippen molar-refractivity contribution in [2.24, 2.45) is 16.2 Å². The molecule has 1 fully saturated rings. The van der Waals surface area contributed by atoms with Crippen LogP contribution in [0.4, 0.5) is 0 Å². The lowest BCUT2D eigenvalue weighted by molar-refractivity contribution is 0.343. The molecule has 1 saturated carbocycles. The lowest BCUT2D eigenvalue weighted by Gasteiger charge is -2.36. The normalized spacial score (nSPS) is 34.9. The first-order valence-corrected chi connectivity index (χ1v) is 7.24. The van der Waals surface area contributed by atoms with Gasteiger partial charge in [0.1, 0.15) is 0 Å². The fourth-order valence-corrected chi connectivity index (χ4v) is 4.53. The van der Waals surface area contributed by atoms with Gasteiger partial charge in [-0.05, 0) is 23.0 Å². The lowest BCUT2D eigenvalue weighted by Crippen LogP contribution is -2.32. The van der Waals surface area contributed by atoms with Gasteiger partial charge in [0.2, 0.25) is 0 Å². The van der Waals surface area contributed by atoms with Gasteiger partial charge in [-0.25, -0.2) is 0 Å². The highest BCUT2D eigenvalue weighted by atomic mass is 32.2. The van der Waals surface area contributed by atoms with Crippen molar-refractivity contribution >= 4 is 11.8 Å². The molecule has 2 atom stereocenters. The van der Waals surface area contributed by atoms with E-state index >= 15 is 0 Å². The van der Waals surface area contributed by atoms with Crippen molar-refractivity contribution in [3.05, 3.63) is 12.7 Å². The topological polar surface area (TPSA) is 0 Å². The summed E-state index contributed by atoms with van der Waals surface area (Å²) in [6.45, 7) is 20.5. The highest BCUT2D eigenvalue weighted by Crippen LogP contribution is 2.72. The fraction of sp³-hybridized carbons (Fsp3) is 0.867. The maximum absolute atomic E-state index is 4.03. The van der Waals surface area contributed by atoms with Crippen LogP contribution in [0, 0.1) is 16.2 Å². The maximum Gasteiger partial charge on any atom is 0.0305 e. The monoisotopic (exact) mass is 240 g/mol. The van der Waals surface area contributed by atoms with E-state index in [9.17, 15) is 0 Å². The average Bonchev–Trinajstić information content (AvgIpc) is 2.69. The Labute approximate surface area is 106 Å². The van der Waals surface area contributed by atoms with Crippen LogP contribution in [0.2, 0.25) is 0 Å². The number of allylic oxidation sites excluding steroid dienone is 1. The zero-order valence-corrected chi connectivity index (χ0v) is 12.9. The van der Waals surface area contributed by atoms with Gasteiger partial charge in [0, 0.05) is 10.2 Å². The molecular formula is C15H28S. The molecule has 0 aromatic heterocycles. The first-order valence-electron chi connectivity index (χ1n) is 6.25. The molecule has 0 aliphatic heterocycles. The molecule has 0 saturated heterocycles. The molecule has 0 aromatic rings. The van der Waals surface area contributed by atoms with Gasteiger partial charge >= 0.3 is 0 Å². The van der Waals surface area contributed by atoms with Crippen molar-refractivity contribution in [1.29, 1.82) is 0 Å². The van der Waals surface area contributed by atoms with Crippen LogP contribution in [-0.2, 0) is 0 Å². The molecule has 94 valence electrons. The van der Waals surface area contributed by atoms with E-state index in [2.05, 4.69) is 72.9 Å². The molecule has 2 unspecified atom stereocenters. The third kappa shape index (κ3) is 2.34. The van der Waals surface area contributed by atoms with E-state index in [4.69, 9.17) is 0 Å². The van der Waals surface area contributed by atoms with E-state index in [1.165, 1.54) is 12.2 Å². The summed E-state index contributed by atoms with van der Waals surface area (Å²) in [5.74, 6) is 1.23. The van der Waals surface area contributed by atoms with Gasteiger partial charge in [-0.15, -0.1) is 6.58 Å². The minimum absolute atomic E-state index is 0.334. The standard InChI is InChI=1S/C15H28S/c1-9-14(8)10-15(14,13(5,6)7)16-11-12(2,3)4/h9H,1,10-11H2,2-8H3. The molecule has 1 rings (SSSR count). The Morgan fingerprint density at radius 2 is 1.69 bits per heavy atom. The Balaban J connectivity index is 2.82. The van der Waals surface area contributed by atoms with Crippen LogP contribution in [0.5, 0.6) is 0 Å². The smallest absolute Gasteiger partial charge is 0.0305 e. The SMILES string of the molecule is C=CC1(C)CC1(SCC(C)(C)C)C(C)(C)C. The summed E-state index contributed by atoms with van der Waals surface area (Å²) < 4.78 is 0.398. The Kier molecular flexibility index (Phi) is 3.36. The Morgan fingerprint density at radius 1 is 1.19 bits per heavy atom. The van der Waals surface area contributed by atoms with Crippen LogP contribution in [0.1, 0.15) is 54.9 Å². The zero-order valence-electron chi connectivity index (χ0n) is 12.1. The third-order valence-electron chi connectivity index (χ3n) is 3.83. The van der Waals surface area contributed by atoms with Gasteiger partial charge in [-0.1, -0.05) is 54.5 Å². The summed E-state index contributed by atoms with van der Waals surface area (Å²) in [6.07, 6.45) is 3.46. The van der Waals surface area contributed by atoms with E-state index in [0.717, 1.165) is 0 Å². The molecule has 1 aliphatic carbocycles. The number of rotatable bonds is 3. The Morgan fingerprint density at radius 3 is 1.94 bits per heavy atom. The van der Waals surface area contributed by atoms with E-state index in [-0.39, 0.29) is 0 Å². The molecule has 0 amide bonds. The first-order chi connectivity index (χ1) is 6.97. The first kappa shape index (κ1) is 14.2. The van der Waals surface area contributed by atoms with Crippen LogP contribution < -0.4 is 0 Å². The lowest BCUT2D eigenvalue weighted by atomic mass is 9.84. The molecule has 0 heterocycles. The van der Waals surface area contributed by atoms with Crippen molar-refractivity contribution in [3.63, 3.8) is 0 Å². The number of thioether (sulfide) groups is 1. The maximum atomic E-state index is 4.03. The van der Waals surface area contributed by atoms with Gasteiger partial charge in [0.15, 0.2) is 0 Å². The Hall–Kier alpha value is 0.0900. The molecule has 16 heavy (non-hydrogen) atoms. The minimum Gasteiger partial charge on any atom is -0.153 e. The number of hydrogen-bond acceptors (Lipinski definition) is 1. The fourth-order valence-electron chi connectivity index (χ4n) is 2.60. The van der Waals surface area contributed by atoms with Crippen LogP contribution in [0.15, 0.2) is 12.7 Å². The molecule has 0 nitrogen and oxygen atoms in total. The van der Waals surface area contributed by atoms with Crippen LogP contribution in [-0.4, -0.2) is 10.5 Å². The predicted octanol–water partition coefficient (Wildman–Crippen LogP) is 5.15. The quantitative estimate of drug-likeness (QED) is 0.615. The van der Waals surface area contributed by atoms with E-state index in [0.29, 0.717) is 21.0 Å². The summed E-state index contributed by atoms with van der Waals surface area (Å²) in [7, 11) is 0. The van der Waals surface area contributed by atoms with Gasteiger partial charge < -0.3 is 0 Å². The second-order valence-corrected chi connectivity index (χ2v) is 9.00. The molecule has 1 heteroatoms. The van der Waals surface area contributed by atoms with Gasteiger partial charge in [-0.2, -0.15) is 11.8 Å². The second kappa shape index (κ2) is 3.80. The molecule has 0 spiro atoms. The summed E-state index contributed by atoms with van der Waals surface area (Å²) in [4.78, 5) is 0. The summed E-state index contributed by atoms with van der Waals surface area (Å²) in [5, 5.41) is 0. The Bertz CT molecular complexity index is 279. The summed E-state index contributed by atoms with van der Waals surface area (Å²) in [5.41, 5.74) is 1.10. The largest absolute Gasteiger partial charge is 0.153 e. The van der Waals surface area contributed by atoms with E-state index < -0.39 is 0 Å². The predicted molar refractivity (Wildman–Crippen MR) is 77.0 cm³/mol. The zero-order chi connectivity index (χ0) is 12.8. The minimum atomic E-state index is 0.334. The van der Waals surface area contributed by atoms with Crippen molar-refractivity contribution in [2.45, 2.75) is 59.6 Å². The van der Waals surface area contributed by atoms with E-state index in [1.807, 2.05) is 0 Å². The van der Waals surface area contributed by atoms with Gasteiger partial charge in [0.05, 0.1) is 0 Å². The molecule has 0 radical (unpaired) electrons. The third-order valence-corrected chi connectivity index (χ3v) is 6.55. The highest BCUT2D eigenvalue weighted by Gasteiger charge is 2.68. The van der Waals surface area contributed by atoms with Crippen LogP contribution in [0.3, 0.4) is 0 Å². The molecule has 0 bridgehead atoms. The molecule has 0 N–H and O–H groups in total. The van der Waals surface area contributed by atoms with Gasteiger partial charge in [-0.3, -0.25) is 0 Å². The summed E-state index contributed by atoms with van der Waals surface area (Å²) in [6, 6.07) is 0. The summed E-state index contributed by atoms with van der Waals surface area (Å²) >= 11 is 2.16. The second-order valence-electron chi connectivity index (χ2n) is 7.72. The van der Waals surface area contributed by atoms with Crippen molar-refractivity contribution < 1.29 is 0 Å². The molecule has 1 aliphatic rings. The van der Waals surface area contributed by atoms with Crippen molar-refractivity contribution in [2.75, 3.05) is 5.75 Å².